The lowest BCUT2D eigenvalue weighted by Crippen LogP contribution is -2.60. The molecule has 1 aromatic rings. The number of amides is 1. The van der Waals surface area contributed by atoms with Gasteiger partial charge in [0.15, 0.2) is 11.5 Å². The van der Waals surface area contributed by atoms with Gasteiger partial charge in [-0.3, -0.25) is 9.69 Å². The summed E-state index contributed by atoms with van der Waals surface area (Å²) in [6.07, 6.45) is 2.02. The van der Waals surface area contributed by atoms with Gasteiger partial charge in [-0.15, -0.1) is 0 Å². The van der Waals surface area contributed by atoms with Crippen molar-refractivity contribution < 1.29 is 19.0 Å². The van der Waals surface area contributed by atoms with E-state index in [1.807, 2.05) is 11.0 Å². The molecule has 25 heavy (non-hydrogen) atoms. The topological polar surface area (TPSA) is 51.2 Å². The Labute approximate surface area is 148 Å². The van der Waals surface area contributed by atoms with E-state index in [0.29, 0.717) is 6.54 Å². The molecular formula is C19H26N2O4. The number of likely N-dealkylation sites (tertiary alicyclic amines) is 1. The number of ether oxygens (including phenoxy) is 3. The number of nitrogens with zero attached hydrogens (tertiary/aromatic N) is 2. The summed E-state index contributed by atoms with van der Waals surface area (Å²) in [6, 6.07) is 4.10. The molecule has 3 aliphatic heterocycles. The number of fused-ring (bicyclic) bond motifs is 1. The SMILES string of the molecule is COc1cc2c(cc1OC)CN(CC(=O)N1CC3(CCOC3)C1)CC2. The zero-order valence-corrected chi connectivity index (χ0v) is 15.0. The van der Waals surface area contributed by atoms with Crippen molar-refractivity contribution in [3.63, 3.8) is 0 Å². The molecule has 0 saturated carbocycles. The zero-order valence-electron chi connectivity index (χ0n) is 15.0. The van der Waals surface area contributed by atoms with Gasteiger partial charge in [-0.2, -0.15) is 0 Å². The van der Waals surface area contributed by atoms with Gasteiger partial charge >= 0.3 is 0 Å². The molecule has 0 N–H and O–H groups in total. The third-order valence-electron chi connectivity index (χ3n) is 5.75. The first kappa shape index (κ1) is 16.7. The zero-order chi connectivity index (χ0) is 17.4. The number of hydrogen-bond donors (Lipinski definition) is 0. The van der Waals surface area contributed by atoms with E-state index in [4.69, 9.17) is 14.2 Å². The average molecular weight is 346 g/mol. The molecule has 0 unspecified atom stereocenters. The third-order valence-corrected chi connectivity index (χ3v) is 5.75. The van der Waals surface area contributed by atoms with Crippen LogP contribution in [0.15, 0.2) is 12.1 Å². The maximum Gasteiger partial charge on any atom is 0.236 e. The number of carbonyl (C=O) groups excluding carboxylic acids is 1. The highest BCUT2D eigenvalue weighted by Gasteiger charge is 2.47. The van der Waals surface area contributed by atoms with Crippen LogP contribution in [0.5, 0.6) is 11.5 Å². The van der Waals surface area contributed by atoms with E-state index in [9.17, 15) is 4.79 Å². The summed E-state index contributed by atoms with van der Waals surface area (Å²) in [5.74, 6) is 1.76. The van der Waals surface area contributed by atoms with Gasteiger partial charge in [0.05, 0.1) is 27.4 Å². The fourth-order valence-corrected chi connectivity index (χ4v) is 4.21. The summed E-state index contributed by atoms with van der Waals surface area (Å²) in [4.78, 5) is 16.8. The number of benzene rings is 1. The summed E-state index contributed by atoms with van der Waals surface area (Å²) in [5.41, 5.74) is 2.77. The van der Waals surface area contributed by atoms with E-state index in [1.165, 1.54) is 11.1 Å². The van der Waals surface area contributed by atoms with Gasteiger partial charge in [0, 0.05) is 38.2 Å². The molecule has 2 fully saturated rings. The maximum atomic E-state index is 12.6. The van der Waals surface area contributed by atoms with E-state index in [0.717, 1.165) is 63.7 Å². The van der Waals surface area contributed by atoms with Gasteiger partial charge in [-0.05, 0) is 36.1 Å². The predicted octanol–water partition coefficient (Wildman–Crippen LogP) is 1.31. The predicted molar refractivity (Wildman–Crippen MR) is 93.0 cm³/mol. The molecule has 2 saturated heterocycles. The Morgan fingerprint density at radius 1 is 1.20 bits per heavy atom. The van der Waals surface area contributed by atoms with Crippen LogP contribution < -0.4 is 9.47 Å². The van der Waals surface area contributed by atoms with E-state index in [-0.39, 0.29) is 11.3 Å². The highest BCUT2D eigenvalue weighted by Crippen LogP contribution is 2.38. The molecule has 0 aromatic heterocycles. The minimum Gasteiger partial charge on any atom is -0.493 e. The van der Waals surface area contributed by atoms with Crippen molar-refractivity contribution in [2.45, 2.75) is 19.4 Å². The maximum absolute atomic E-state index is 12.6. The van der Waals surface area contributed by atoms with Crippen LogP contribution in [0.1, 0.15) is 17.5 Å². The van der Waals surface area contributed by atoms with Crippen molar-refractivity contribution in [2.24, 2.45) is 5.41 Å². The van der Waals surface area contributed by atoms with Crippen molar-refractivity contribution >= 4 is 5.91 Å². The molecule has 1 spiro atoms. The van der Waals surface area contributed by atoms with Crippen LogP contribution in [0.25, 0.3) is 0 Å². The second-order valence-corrected chi connectivity index (χ2v) is 7.49. The van der Waals surface area contributed by atoms with E-state index < -0.39 is 0 Å². The number of methoxy groups -OCH3 is 2. The largest absolute Gasteiger partial charge is 0.493 e. The van der Waals surface area contributed by atoms with Crippen molar-refractivity contribution in [3.05, 3.63) is 23.3 Å². The Morgan fingerprint density at radius 2 is 1.92 bits per heavy atom. The first-order valence-electron chi connectivity index (χ1n) is 8.94. The summed E-state index contributed by atoms with van der Waals surface area (Å²) in [6.45, 7) is 5.55. The van der Waals surface area contributed by atoms with Gasteiger partial charge < -0.3 is 19.1 Å². The van der Waals surface area contributed by atoms with Crippen LogP contribution in [0.4, 0.5) is 0 Å². The Morgan fingerprint density at radius 3 is 2.56 bits per heavy atom. The monoisotopic (exact) mass is 346 g/mol. The minimum atomic E-state index is 0.237. The normalized spacial score (nSPS) is 21.8. The van der Waals surface area contributed by atoms with Crippen molar-refractivity contribution in [2.75, 3.05) is 53.6 Å². The summed E-state index contributed by atoms with van der Waals surface area (Å²) in [7, 11) is 3.31. The average Bonchev–Trinajstić information content (AvgIpc) is 3.09. The van der Waals surface area contributed by atoms with Crippen molar-refractivity contribution in [1.29, 1.82) is 0 Å². The molecule has 0 radical (unpaired) electrons. The molecule has 136 valence electrons. The molecule has 6 heteroatoms. The number of rotatable bonds is 4. The van der Waals surface area contributed by atoms with Gasteiger partial charge in [0.2, 0.25) is 5.91 Å². The van der Waals surface area contributed by atoms with Crippen molar-refractivity contribution in [3.8, 4) is 11.5 Å². The smallest absolute Gasteiger partial charge is 0.236 e. The Balaban J connectivity index is 1.37. The Hall–Kier alpha value is -1.79. The van der Waals surface area contributed by atoms with Crippen LogP contribution in [-0.4, -0.2) is 69.3 Å². The van der Waals surface area contributed by atoms with Gasteiger partial charge in [0.25, 0.3) is 0 Å². The lowest BCUT2D eigenvalue weighted by Gasteiger charge is -2.47. The molecule has 0 atom stereocenters. The summed E-state index contributed by atoms with van der Waals surface area (Å²) >= 11 is 0. The third kappa shape index (κ3) is 3.09. The summed E-state index contributed by atoms with van der Waals surface area (Å²) < 4.78 is 16.3. The fourth-order valence-electron chi connectivity index (χ4n) is 4.21. The molecule has 3 aliphatic rings. The lowest BCUT2D eigenvalue weighted by molar-refractivity contribution is -0.144. The molecule has 3 heterocycles. The van der Waals surface area contributed by atoms with Crippen LogP contribution in [0.2, 0.25) is 0 Å². The minimum absolute atomic E-state index is 0.237. The van der Waals surface area contributed by atoms with Crippen molar-refractivity contribution in [1.82, 2.24) is 9.80 Å². The molecule has 4 rings (SSSR count). The highest BCUT2D eigenvalue weighted by molar-refractivity contribution is 5.79. The first-order valence-corrected chi connectivity index (χ1v) is 8.94. The van der Waals surface area contributed by atoms with E-state index in [2.05, 4.69) is 11.0 Å². The summed E-state index contributed by atoms with van der Waals surface area (Å²) in [5, 5.41) is 0. The molecule has 0 aliphatic carbocycles. The second kappa shape index (κ2) is 6.50. The molecule has 1 aromatic carbocycles. The molecule has 1 amide bonds. The van der Waals surface area contributed by atoms with Gasteiger partial charge in [-0.25, -0.2) is 0 Å². The number of carbonyl (C=O) groups is 1. The molecular weight excluding hydrogens is 320 g/mol. The van der Waals surface area contributed by atoms with Crippen LogP contribution in [0.3, 0.4) is 0 Å². The molecule has 0 bridgehead atoms. The second-order valence-electron chi connectivity index (χ2n) is 7.49. The van der Waals surface area contributed by atoms with Crippen LogP contribution >= 0.6 is 0 Å². The van der Waals surface area contributed by atoms with Crippen LogP contribution in [-0.2, 0) is 22.5 Å². The van der Waals surface area contributed by atoms with Gasteiger partial charge in [0.1, 0.15) is 0 Å². The van der Waals surface area contributed by atoms with Crippen LogP contribution in [0, 0.1) is 5.41 Å². The first-order chi connectivity index (χ1) is 12.1. The van der Waals surface area contributed by atoms with Gasteiger partial charge in [-0.1, -0.05) is 0 Å². The standard InChI is InChI=1S/C19H26N2O4/c1-23-16-7-14-3-5-20(9-15(14)8-17(16)24-2)10-18(22)21-11-19(12-21)4-6-25-13-19/h7-8H,3-6,9-13H2,1-2H3. The quantitative estimate of drug-likeness (QED) is 0.823. The number of hydrogen-bond acceptors (Lipinski definition) is 5. The van der Waals surface area contributed by atoms with E-state index in [1.54, 1.807) is 14.2 Å². The fraction of sp³-hybridized carbons (Fsp3) is 0.632. The Bertz CT molecular complexity index is 662. The highest BCUT2D eigenvalue weighted by atomic mass is 16.5. The van der Waals surface area contributed by atoms with E-state index >= 15 is 0 Å². The lowest BCUT2D eigenvalue weighted by atomic mass is 9.79. The molecule has 6 nitrogen and oxygen atoms in total. The Kier molecular flexibility index (Phi) is 4.33.